The lowest BCUT2D eigenvalue weighted by Gasteiger charge is -2.30. The van der Waals surface area contributed by atoms with Crippen molar-refractivity contribution in [3.63, 3.8) is 0 Å². The van der Waals surface area contributed by atoms with E-state index in [1.165, 1.54) is 4.90 Å². The molecule has 6 heteroatoms. The Morgan fingerprint density at radius 2 is 1.38 bits per heavy atom. The number of amides is 2. The van der Waals surface area contributed by atoms with Crippen LogP contribution < -0.4 is 15.2 Å². The molecule has 1 unspecified atom stereocenters. The predicted molar refractivity (Wildman–Crippen MR) is 131 cm³/mol. The molecule has 1 atom stereocenters. The molecule has 0 fully saturated rings. The Hall–Kier alpha value is -3.64. The van der Waals surface area contributed by atoms with Crippen LogP contribution in [-0.2, 0) is 6.42 Å². The number of benzene rings is 3. The zero-order valence-electron chi connectivity index (χ0n) is 19.4. The molecule has 0 saturated heterocycles. The Morgan fingerprint density at radius 1 is 0.794 bits per heavy atom. The molecule has 6 nitrogen and oxygen atoms in total. The lowest BCUT2D eigenvalue weighted by Crippen LogP contribution is -2.44. The van der Waals surface area contributed by atoms with Gasteiger partial charge in [-0.25, -0.2) is 0 Å². The van der Waals surface area contributed by atoms with Crippen molar-refractivity contribution in [1.82, 2.24) is 4.90 Å². The number of imide groups is 1. The van der Waals surface area contributed by atoms with Crippen molar-refractivity contribution in [3.8, 4) is 11.5 Å². The summed E-state index contributed by atoms with van der Waals surface area (Å²) in [6.07, 6.45) is 2.54. The van der Waals surface area contributed by atoms with Gasteiger partial charge < -0.3 is 15.2 Å². The van der Waals surface area contributed by atoms with Gasteiger partial charge in [-0.15, -0.1) is 0 Å². The molecule has 1 aliphatic heterocycles. The maximum absolute atomic E-state index is 12.7. The van der Waals surface area contributed by atoms with E-state index >= 15 is 0 Å². The van der Waals surface area contributed by atoms with Gasteiger partial charge in [0.25, 0.3) is 11.8 Å². The fourth-order valence-corrected chi connectivity index (χ4v) is 4.44. The molecule has 0 saturated carbocycles. The molecule has 0 radical (unpaired) electrons. The number of hydrogen-bond donors (Lipinski definition) is 1. The second kappa shape index (κ2) is 10.5. The lowest BCUT2D eigenvalue weighted by molar-refractivity contribution is 0.0647. The number of carbonyl (C=O) groups excluding carboxylic acids is 2. The number of nitrogens with zero attached hydrogens (tertiary/aromatic N) is 1. The summed E-state index contributed by atoms with van der Waals surface area (Å²) in [7, 11) is 1.62. The SMILES string of the molecule is COc1ccccc1OCCC(N)(CCCN1C(=O)c2ccccc2C1=O)Cc1ccccc1. The van der Waals surface area contributed by atoms with Gasteiger partial charge in [-0.3, -0.25) is 14.5 Å². The molecule has 4 rings (SSSR count). The number of nitrogens with two attached hydrogens (primary N) is 1. The standard InChI is InChI=1S/C28H30N2O4/c1-33-24-14-7-8-15-25(24)34-19-17-28(29,20-21-10-3-2-4-11-21)16-9-18-30-26(31)22-12-5-6-13-23(22)27(30)32/h2-8,10-15H,9,16-20,29H2,1H3. The van der Waals surface area contributed by atoms with Crippen molar-refractivity contribution in [3.05, 3.63) is 95.6 Å². The van der Waals surface area contributed by atoms with Gasteiger partial charge in [0.05, 0.1) is 24.8 Å². The number of ether oxygens (including phenoxy) is 2. The average Bonchev–Trinajstić information content (AvgIpc) is 3.10. The topological polar surface area (TPSA) is 81.9 Å². The predicted octanol–water partition coefficient (Wildman–Crippen LogP) is 4.48. The molecular weight excluding hydrogens is 428 g/mol. The Morgan fingerprint density at radius 3 is 2.03 bits per heavy atom. The molecule has 2 N–H and O–H groups in total. The number of rotatable bonds is 11. The highest BCUT2D eigenvalue weighted by atomic mass is 16.5. The fourth-order valence-electron chi connectivity index (χ4n) is 4.44. The monoisotopic (exact) mass is 458 g/mol. The first-order chi connectivity index (χ1) is 16.5. The molecule has 0 bridgehead atoms. The van der Waals surface area contributed by atoms with Gasteiger partial charge in [0.1, 0.15) is 0 Å². The van der Waals surface area contributed by atoms with E-state index in [1.54, 1.807) is 31.4 Å². The largest absolute Gasteiger partial charge is 0.493 e. The summed E-state index contributed by atoms with van der Waals surface area (Å²) in [5, 5.41) is 0. The Kier molecular flexibility index (Phi) is 7.28. The summed E-state index contributed by atoms with van der Waals surface area (Å²) in [4.78, 5) is 26.7. The molecular formula is C28H30N2O4. The molecule has 1 heterocycles. The van der Waals surface area contributed by atoms with Crippen molar-refractivity contribution in [2.24, 2.45) is 5.73 Å². The van der Waals surface area contributed by atoms with Crippen molar-refractivity contribution in [2.75, 3.05) is 20.3 Å². The van der Waals surface area contributed by atoms with Crippen molar-refractivity contribution < 1.29 is 19.1 Å². The summed E-state index contributed by atoms with van der Waals surface area (Å²) in [5.41, 5.74) is 8.44. The van der Waals surface area contributed by atoms with Crippen molar-refractivity contribution in [1.29, 1.82) is 0 Å². The van der Waals surface area contributed by atoms with E-state index in [0.29, 0.717) is 61.5 Å². The van der Waals surface area contributed by atoms with Gasteiger partial charge >= 0.3 is 0 Å². The van der Waals surface area contributed by atoms with Crippen LogP contribution in [0.2, 0.25) is 0 Å². The van der Waals surface area contributed by atoms with Gasteiger partial charge in [-0.05, 0) is 55.5 Å². The lowest BCUT2D eigenvalue weighted by atomic mass is 9.84. The van der Waals surface area contributed by atoms with Gasteiger partial charge in [0.2, 0.25) is 0 Å². The number of fused-ring (bicyclic) bond motifs is 1. The smallest absolute Gasteiger partial charge is 0.261 e. The van der Waals surface area contributed by atoms with Gasteiger partial charge in [-0.1, -0.05) is 54.6 Å². The van der Waals surface area contributed by atoms with E-state index in [-0.39, 0.29) is 11.8 Å². The number of carbonyl (C=O) groups is 2. The minimum atomic E-state index is -0.554. The van der Waals surface area contributed by atoms with Crippen LogP contribution in [-0.4, -0.2) is 42.5 Å². The Bertz CT molecular complexity index is 1110. The van der Waals surface area contributed by atoms with Crippen LogP contribution in [0.1, 0.15) is 45.5 Å². The average molecular weight is 459 g/mol. The number of hydrogen-bond acceptors (Lipinski definition) is 5. The van der Waals surface area contributed by atoms with Gasteiger partial charge in [0, 0.05) is 12.1 Å². The van der Waals surface area contributed by atoms with E-state index in [1.807, 2.05) is 42.5 Å². The second-order valence-corrected chi connectivity index (χ2v) is 8.69. The minimum absolute atomic E-state index is 0.231. The molecule has 1 aliphatic rings. The molecule has 3 aromatic rings. The van der Waals surface area contributed by atoms with Crippen molar-refractivity contribution >= 4 is 11.8 Å². The summed E-state index contributed by atoms with van der Waals surface area (Å²) in [5.74, 6) is 0.897. The van der Waals surface area contributed by atoms with E-state index in [2.05, 4.69) is 12.1 Å². The zero-order chi connectivity index (χ0) is 24.0. The third-order valence-corrected chi connectivity index (χ3v) is 6.26. The first-order valence-electron chi connectivity index (χ1n) is 11.5. The van der Waals surface area contributed by atoms with Crippen LogP contribution in [0.5, 0.6) is 11.5 Å². The normalized spacial score (nSPS) is 14.6. The minimum Gasteiger partial charge on any atom is -0.493 e. The Labute approximate surface area is 200 Å². The quantitative estimate of drug-likeness (QED) is 0.429. The fraction of sp³-hybridized carbons (Fsp3) is 0.286. The van der Waals surface area contributed by atoms with Gasteiger partial charge in [0.15, 0.2) is 11.5 Å². The Balaban J connectivity index is 1.40. The van der Waals surface area contributed by atoms with E-state index in [9.17, 15) is 9.59 Å². The van der Waals surface area contributed by atoms with Crippen LogP contribution >= 0.6 is 0 Å². The molecule has 0 spiro atoms. The van der Waals surface area contributed by atoms with Crippen LogP contribution in [0.3, 0.4) is 0 Å². The molecule has 0 aromatic heterocycles. The second-order valence-electron chi connectivity index (χ2n) is 8.69. The number of para-hydroxylation sites is 2. The summed E-state index contributed by atoms with van der Waals surface area (Å²) in [6, 6.07) is 24.6. The highest BCUT2D eigenvalue weighted by Gasteiger charge is 2.35. The van der Waals surface area contributed by atoms with Crippen LogP contribution in [0, 0.1) is 0 Å². The van der Waals surface area contributed by atoms with Crippen LogP contribution in [0.4, 0.5) is 0 Å². The highest BCUT2D eigenvalue weighted by Crippen LogP contribution is 2.28. The zero-order valence-corrected chi connectivity index (χ0v) is 19.4. The molecule has 34 heavy (non-hydrogen) atoms. The third kappa shape index (κ3) is 5.29. The van der Waals surface area contributed by atoms with Gasteiger partial charge in [-0.2, -0.15) is 0 Å². The van der Waals surface area contributed by atoms with Crippen molar-refractivity contribution in [2.45, 2.75) is 31.2 Å². The summed E-state index contributed by atoms with van der Waals surface area (Å²) < 4.78 is 11.4. The molecule has 3 aromatic carbocycles. The van der Waals surface area contributed by atoms with Crippen LogP contribution in [0.15, 0.2) is 78.9 Å². The molecule has 176 valence electrons. The van der Waals surface area contributed by atoms with E-state index < -0.39 is 5.54 Å². The summed E-state index contributed by atoms with van der Waals surface area (Å²) >= 11 is 0. The maximum atomic E-state index is 12.7. The third-order valence-electron chi connectivity index (χ3n) is 6.26. The first-order valence-corrected chi connectivity index (χ1v) is 11.5. The highest BCUT2D eigenvalue weighted by molar-refractivity contribution is 6.21. The molecule has 2 amide bonds. The van der Waals surface area contributed by atoms with Crippen LogP contribution in [0.25, 0.3) is 0 Å². The maximum Gasteiger partial charge on any atom is 0.261 e. The number of methoxy groups -OCH3 is 1. The van der Waals surface area contributed by atoms with E-state index in [0.717, 1.165) is 5.56 Å². The summed E-state index contributed by atoms with van der Waals surface area (Å²) in [6.45, 7) is 0.768. The molecule has 0 aliphatic carbocycles. The first kappa shape index (κ1) is 23.5. The van der Waals surface area contributed by atoms with E-state index in [4.69, 9.17) is 15.2 Å².